The molecule has 2 saturated heterocycles. The van der Waals surface area contributed by atoms with Crippen molar-refractivity contribution in [2.45, 2.75) is 180 Å². The van der Waals surface area contributed by atoms with E-state index in [1.165, 1.54) is 34.1 Å². The van der Waals surface area contributed by atoms with E-state index in [1.54, 1.807) is 21.0 Å². The summed E-state index contributed by atoms with van der Waals surface area (Å²) in [6, 6.07) is -1.21. The number of alkyl halides is 2. The predicted octanol–water partition coefficient (Wildman–Crippen LogP) is 8.14. The van der Waals surface area contributed by atoms with E-state index in [4.69, 9.17) is 23.7 Å². The lowest BCUT2D eigenvalue weighted by Crippen LogP contribution is -2.59. The van der Waals surface area contributed by atoms with Crippen molar-refractivity contribution in [1.29, 1.82) is 0 Å². The predicted molar refractivity (Wildman–Crippen MR) is 243 cm³/mol. The quantitative estimate of drug-likeness (QED) is 0.156. The molecule has 3 heterocycles. The van der Waals surface area contributed by atoms with Crippen LogP contribution in [0.2, 0.25) is 0 Å². The van der Waals surface area contributed by atoms with E-state index in [0.29, 0.717) is 51.4 Å². The second kappa shape index (κ2) is 25.1. The lowest BCUT2D eigenvalue weighted by atomic mass is 9.78. The summed E-state index contributed by atoms with van der Waals surface area (Å²) in [6.45, 7) is 12.2. The van der Waals surface area contributed by atoms with Crippen LogP contribution in [-0.4, -0.2) is 122 Å². The molecule has 0 radical (unpaired) electrons. The van der Waals surface area contributed by atoms with Crippen molar-refractivity contribution in [3.63, 3.8) is 0 Å². The monoisotopic (exact) mass is 918 g/mol. The van der Waals surface area contributed by atoms with Crippen LogP contribution in [-0.2, 0) is 47.7 Å². The SMILES string of the molecule is CO[C@H]1C[C@@H]2CC[C@@H](C)C(F)(O2)C(=O)C(=O)N2CCCCC2C(=O)O[C@H]([C@H](C)C[C@@H]2CC[C@@H](O)[C@H](OC)C2)CC(=O)[C@H](C)/C=C(\C)C(F)[C@@H](OC)C(=O)[C@H](C)C[C@H](C)/C=C/C=CC=C1C. The number of piperidine rings is 1. The second-order valence-electron chi connectivity index (χ2n) is 19.5. The fourth-order valence-corrected chi connectivity index (χ4v) is 10.1. The van der Waals surface area contributed by atoms with E-state index in [2.05, 4.69) is 0 Å². The average molecular weight is 918 g/mol. The Hall–Kier alpha value is -3.43. The van der Waals surface area contributed by atoms with Crippen LogP contribution < -0.4 is 0 Å². The summed E-state index contributed by atoms with van der Waals surface area (Å²) in [5.41, 5.74) is 0.981. The summed E-state index contributed by atoms with van der Waals surface area (Å²) >= 11 is 0. The largest absolute Gasteiger partial charge is 0.460 e. The zero-order valence-corrected chi connectivity index (χ0v) is 40.5. The van der Waals surface area contributed by atoms with Crippen molar-refractivity contribution in [2.24, 2.45) is 35.5 Å². The Balaban J connectivity index is 1.70. The normalized spacial score (nSPS) is 39.1. The molecule has 0 aromatic carbocycles. The van der Waals surface area contributed by atoms with Crippen LogP contribution in [0.3, 0.4) is 0 Å². The number of carbonyl (C=O) groups is 5. The number of Topliss-reactive ketones (excluding diaryl/α,β-unsaturated/α-hetero) is 3. The smallest absolute Gasteiger partial charge is 0.329 e. The molecule has 0 spiro atoms. The number of aliphatic hydroxyl groups excluding tert-OH is 1. The molecule has 4 aliphatic rings. The van der Waals surface area contributed by atoms with E-state index >= 15 is 8.78 Å². The molecule has 1 aliphatic carbocycles. The van der Waals surface area contributed by atoms with Crippen LogP contribution in [0.25, 0.3) is 0 Å². The number of aliphatic hydroxyl groups is 1. The molecular formula is C51H77F2NO11. The molecule has 1 amide bonds. The molecular weight excluding hydrogens is 841 g/mol. The number of cyclic esters (lactones) is 1. The Morgan fingerprint density at radius 2 is 1.60 bits per heavy atom. The van der Waals surface area contributed by atoms with Crippen molar-refractivity contribution >= 4 is 29.2 Å². The van der Waals surface area contributed by atoms with Gasteiger partial charge in [0.15, 0.2) is 18.1 Å². The van der Waals surface area contributed by atoms with Gasteiger partial charge in [0, 0.05) is 58.5 Å². The zero-order valence-electron chi connectivity index (χ0n) is 40.5. The molecule has 0 aromatic rings. The summed E-state index contributed by atoms with van der Waals surface area (Å²) in [5, 5.41) is 10.5. The van der Waals surface area contributed by atoms with Crippen molar-refractivity contribution < 1.29 is 61.5 Å². The number of hydrogen-bond donors (Lipinski definition) is 1. The van der Waals surface area contributed by atoms with E-state index in [0.717, 1.165) is 10.5 Å². The number of amides is 1. The fourth-order valence-electron chi connectivity index (χ4n) is 10.1. The number of nitrogens with zero attached hydrogens (tertiary/aromatic N) is 1. The summed E-state index contributed by atoms with van der Waals surface area (Å²) in [4.78, 5) is 71.3. The topological polar surface area (TPSA) is 155 Å². The number of ether oxygens (including phenoxy) is 5. The van der Waals surface area contributed by atoms with Gasteiger partial charge in [-0.1, -0.05) is 71.1 Å². The molecule has 3 aliphatic heterocycles. The van der Waals surface area contributed by atoms with E-state index < -0.39 is 84.0 Å². The second-order valence-corrected chi connectivity index (χ2v) is 19.5. The molecule has 366 valence electrons. The minimum Gasteiger partial charge on any atom is -0.460 e. The van der Waals surface area contributed by atoms with E-state index in [1.807, 2.05) is 51.2 Å². The summed E-state index contributed by atoms with van der Waals surface area (Å²) < 4.78 is 62.1. The van der Waals surface area contributed by atoms with Gasteiger partial charge in [-0.3, -0.25) is 19.2 Å². The van der Waals surface area contributed by atoms with Gasteiger partial charge in [-0.2, -0.15) is 0 Å². The summed E-state index contributed by atoms with van der Waals surface area (Å²) in [7, 11) is 4.38. The van der Waals surface area contributed by atoms with Crippen molar-refractivity contribution in [1.82, 2.24) is 4.90 Å². The van der Waals surface area contributed by atoms with Gasteiger partial charge < -0.3 is 33.7 Å². The molecule has 14 heteroatoms. The minimum atomic E-state index is -2.94. The van der Waals surface area contributed by atoms with Crippen molar-refractivity contribution in [3.05, 3.63) is 47.6 Å². The van der Waals surface area contributed by atoms with Crippen LogP contribution >= 0.6 is 0 Å². The first-order valence-corrected chi connectivity index (χ1v) is 23.8. The highest BCUT2D eigenvalue weighted by atomic mass is 19.2. The van der Waals surface area contributed by atoms with Crippen LogP contribution in [0.15, 0.2) is 47.6 Å². The van der Waals surface area contributed by atoms with E-state index in [9.17, 15) is 29.1 Å². The highest BCUT2D eigenvalue weighted by Gasteiger charge is 2.55. The van der Waals surface area contributed by atoms with Crippen LogP contribution in [0.5, 0.6) is 0 Å². The molecule has 3 unspecified atom stereocenters. The van der Waals surface area contributed by atoms with Crippen molar-refractivity contribution in [2.75, 3.05) is 27.9 Å². The van der Waals surface area contributed by atoms with Crippen LogP contribution in [0.4, 0.5) is 8.78 Å². The third kappa shape index (κ3) is 14.3. The zero-order chi connectivity index (χ0) is 48.2. The van der Waals surface area contributed by atoms with Gasteiger partial charge in [0.1, 0.15) is 17.9 Å². The Morgan fingerprint density at radius 1 is 0.877 bits per heavy atom. The van der Waals surface area contributed by atoms with Crippen molar-refractivity contribution in [3.8, 4) is 0 Å². The number of rotatable bonds is 6. The molecule has 4 rings (SSSR count). The van der Waals surface area contributed by atoms with E-state index in [-0.39, 0.29) is 73.2 Å². The maximum Gasteiger partial charge on any atom is 0.329 e. The number of carbonyl (C=O) groups excluding carboxylic acids is 5. The fraction of sp³-hybridized carbons (Fsp3) is 0.745. The Bertz CT molecular complexity index is 1760. The number of fused-ring (bicyclic) bond motifs is 3. The molecule has 1 saturated carbocycles. The standard InChI is InChI=1S/C51H77F2NO11/c1-30-16-12-11-13-17-31(2)42(61-8)28-38-21-19-36(7)51(53,65-38)48(58)49(59)54-23-15-14-18-39(54)50(60)64-43(33(4)26-37-20-22-40(55)44(27-37)62-9)29-41(56)32(3)25-34(5)45(52)47(63-10)46(57)35(6)24-30/h11-13,16-17,25,30,32-33,35-40,42-45,47,55H,14-15,18-24,26-29H2,1-10H3/b13-11?,16-12+,31-17?,34-25+/t30-,32-,33-,35-,36-,37+,38+,39?,40-,42+,43+,44-,45?,47-,51?/m1/s1. The lowest BCUT2D eigenvalue weighted by Gasteiger charge is -2.41. The van der Waals surface area contributed by atoms with Gasteiger partial charge >= 0.3 is 5.97 Å². The minimum absolute atomic E-state index is 0.0206. The van der Waals surface area contributed by atoms with Gasteiger partial charge in [-0.05, 0) is 107 Å². The number of hydrogen-bond acceptors (Lipinski definition) is 11. The average Bonchev–Trinajstić information content (AvgIpc) is 3.28. The lowest BCUT2D eigenvalue weighted by molar-refractivity contribution is -0.231. The van der Waals surface area contributed by atoms with Gasteiger partial charge in [0.2, 0.25) is 0 Å². The molecule has 15 atom stereocenters. The number of methoxy groups -OCH3 is 3. The highest BCUT2D eigenvalue weighted by Crippen LogP contribution is 2.40. The Kier molecular flexibility index (Phi) is 20.9. The number of halogens is 2. The molecule has 3 fully saturated rings. The number of esters is 1. The molecule has 1 N–H and O–H groups in total. The first-order chi connectivity index (χ1) is 30.7. The summed E-state index contributed by atoms with van der Waals surface area (Å²) in [5.74, 6) is -9.64. The Morgan fingerprint density at radius 3 is 2.28 bits per heavy atom. The highest BCUT2D eigenvalue weighted by molar-refractivity contribution is 6.39. The Labute approximate surface area is 385 Å². The number of allylic oxidation sites excluding steroid dienone is 6. The summed E-state index contributed by atoms with van der Waals surface area (Å²) in [6.07, 6.45) is 9.11. The van der Waals surface area contributed by atoms with Crippen LogP contribution in [0, 0.1) is 35.5 Å². The van der Waals surface area contributed by atoms with Gasteiger partial charge in [-0.25, -0.2) is 13.6 Å². The number of ketones is 3. The van der Waals surface area contributed by atoms with Gasteiger partial charge in [0.25, 0.3) is 17.5 Å². The molecule has 12 nitrogen and oxygen atoms in total. The third-order valence-electron chi connectivity index (χ3n) is 14.4. The first kappa shape index (κ1) is 54.2. The van der Waals surface area contributed by atoms with Gasteiger partial charge in [0.05, 0.1) is 24.4 Å². The third-order valence-corrected chi connectivity index (χ3v) is 14.4. The van der Waals surface area contributed by atoms with Crippen LogP contribution in [0.1, 0.15) is 126 Å². The maximum atomic E-state index is 17.0. The van der Waals surface area contributed by atoms with Gasteiger partial charge in [-0.15, -0.1) is 0 Å². The molecule has 65 heavy (non-hydrogen) atoms. The molecule has 0 aromatic heterocycles. The first-order valence-electron chi connectivity index (χ1n) is 23.8. The maximum absolute atomic E-state index is 17.0. The molecule has 2 bridgehead atoms.